The molecule has 3 N–H and O–H groups in total. The molecule has 2 amide bonds. The van der Waals surface area contributed by atoms with E-state index >= 15 is 0 Å². The van der Waals surface area contributed by atoms with Crippen LogP contribution in [0.25, 0.3) is 11.1 Å². The highest BCUT2D eigenvalue weighted by atomic mass is 16.5. The third kappa shape index (κ3) is 4.63. The quantitative estimate of drug-likeness (QED) is 0.577. The highest BCUT2D eigenvalue weighted by Crippen LogP contribution is 2.44. The maximum absolute atomic E-state index is 13.1. The first-order chi connectivity index (χ1) is 16.2. The van der Waals surface area contributed by atoms with E-state index in [1.54, 1.807) is 0 Å². The third-order valence-electron chi connectivity index (χ3n) is 6.81. The molecule has 2 aromatic rings. The van der Waals surface area contributed by atoms with E-state index in [9.17, 15) is 19.5 Å². The molecule has 0 bridgehead atoms. The number of ether oxygens (including phenoxy) is 2. The van der Waals surface area contributed by atoms with Crippen molar-refractivity contribution in [2.24, 2.45) is 5.41 Å². The number of hydrogen-bond donors (Lipinski definition) is 3. The van der Waals surface area contributed by atoms with Gasteiger partial charge >= 0.3 is 12.1 Å². The second-order valence-corrected chi connectivity index (χ2v) is 9.46. The molecule has 0 aromatic heterocycles. The second-order valence-electron chi connectivity index (χ2n) is 9.46. The molecule has 0 radical (unpaired) electrons. The Bertz CT molecular complexity index is 1040. The number of benzene rings is 2. The normalized spacial score (nSPS) is 16.8. The van der Waals surface area contributed by atoms with Gasteiger partial charge in [-0.1, -0.05) is 48.5 Å². The number of amides is 2. The lowest BCUT2D eigenvalue weighted by molar-refractivity contribution is -0.149. The highest BCUT2D eigenvalue weighted by molar-refractivity contribution is 5.90. The summed E-state index contributed by atoms with van der Waals surface area (Å²) in [6, 6.07) is 16.2. The standard InChI is InChI=1S/C26H30N2O6/c1-25(2,23(30)31)28-22(29)26(11-13-33-14-12-26)16-27-24(32)34-15-21-19-9-5-3-7-17(19)18-8-4-6-10-20(18)21/h3-10,21H,11-16H2,1-2H3,(H,27,32)(H,28,29)(H,30,31). The van der Waals surface area contributed by atoms with E-state index in [-0.39, 0.29) is 19.1 Å². The number of carboxylic acids is 1. The van der Waals surface area contributed by atoms with E-state index in [2.05, 4.69) is 22.8 Å². The molecule has 8 heteroatoms. The summed E-state index contributed by atoms with van der Waals surface area (Å²) < 4.78 is 11.0. The predicted molar refractivity (Wildman–Crippen MR) is 125 cm³/mol. The molecular weight excluding hydrogens is 436 g/mol. The summed E-state index contributed by atoms with van der Waals surface area (Å²) in [5.74, 6) is -1.61. The van der Waals surface area contributed by atoms with Crippen LogP contribution in [0.3, 0.4) is 0 Å². The van der Waals surface area contributed by atoms with Gasteiger partial charge in [0, 0.05) is 25.7 Å². The zero-order chi connectivity index (χ0) is 24.3. The largest absolute Gasteiger partial charge is 0.480 e. The summed E-state index contributed by atoms with van der Waals surface area (Å²) >= 11 is 0. The Labute approximate surface area is 198 Å². The van der Waals surface area contributed by atoms with Gasteiger partial charge in [-0.3, -0.25) is 4.79 Å². The van der Waals surface area contributed by atoms with Crippen LogP contribution < -0.4 is 10.6 Å². The van der Waals surface area contributed by atoms with E-state index in [0.29, 0.717) is 26.1 Å². The average molecular weight is 467 g/mol. The highest BCUT2D eigenvalue weighted by Gasteiger charge is 2.43. The Morgan fingerprint density at radius 1 is 1.03 bits per heavy atom. The zero-order valence-corrected chi connectivity index (χ0v) is 19.4. The van der Waals surface area contributed by atoms with Gasteiger partial charge < -0.3 is 25.2 Å². The summed E-state index contributed by atoms with van der Waals surface area (Å²) in [4.78, 5) is 37.2. The molecule has 1 aliphatic carbocycles. The maximum Gasteiger partial charge on any atom is 0.407 e. The lowest BCUT2D eigenvalue weighted by atomic mass is 9.78. The summed E-state index contributed by atoms with van der Waals surface area (Å²) in [7, 11) is 0. The lowest BCUT2D eigenvalue weighted by Crippen LogP contribution is -2.58. The van der Waals surface area contributed by atoms with Crippen LogP contribution in [0.5, 0.6) is 0 Å². The van der Waals surface area contributed by atoms with Crippen molar-refractivity contribution >= 4 is 18.0 Å². The van der Waals surface area contributed by atoms with Crippen molar-refractivity contribution in [3.8, 4) is 11.1 Å². The van der Waals surface area contributed by atoms with Gasteiger partial charge in [0.15, 0.2) is 0 Å². The fourth-order valence-electron chi connectivity index (χ4n) is 4.61. The van der Waals surface area contributed by atoms with Crippen molar-refractivity contribution in [1.29, 1.82) is 0 Å². The van der Waals surface area contributed by atoms with E-state index in [4.69, 9.17) is 9.47 Å². The van der Waals surface area contributed by atoms with Crippen LogP contribution in [-0.4, -0.2) is 55.0 Å². The molecule has 0 atom stereocenters. The Morgan fingerprint density at radius 2 is 1.59 bits per heavy atom. The third-order valence-corrected chi connectivity index (χ3v) is 6.81. The molecule has 2 aromatic carbocycles. The topological polar surface area (TPSA) is 114 Å². The Kier molecular flexibility index (Phi) is 6.61. The molecule has 180 valence electrons. The van der Waals surface area contributed by atoms with Gasteiger partial charge in [-0.2, -0.15) is 0 Å². The maximum atomic E-state index is 13.1. The number of hydrogen-bond acceptors (Lipinski definition) is 5. The fourth-order valence-corrected chi connectivity index (χ4v) is 4.61. The number of nitrogens with one attached hydrogen (secondary N) is 2. The molecule has 8 nitrogen and oxygen atoms in total. The van der Waals surface area contributed by atoms with Gasteiger partial charge in [0.2, 0.25) is 5.91 Å². The van der Waals surface area contributed by atoms with Crippen LogP contribution in [0, 0.1) is 5.41 Å². The van der Waals surface area contributed by atoms with E-state index in [1.165, 1.54) is 13.8 Å². The Balaban J connectivity index is 1.41. The molecule has 34 heavy (non-hydrogen) atoms. The van der Waals surface area contributed by atoms with Gasteiger partial charge in [-0.25, -0.2) is 9.59 Å². The number of alkyl carbamates (subject to hydrolysis) is 1. The number of rotatable bonds is 7. The fraction of sp³-hybridized carbons (Fsp3) is 0.423. The Morgan fingerprint density at radius 3 is 2.15 bits per heavy atom. The molecule has 4 rings (SSSR count). The predicted octanol–water partition coefficient (Wildman–Crippen LogP) is 3.30. The minimum atomic E-state index is -1.42. The first-order valence-corrected chi connectivity index (χ1v) is 11.5. The molecule has 1 heterocycles. The van der Waals surface area contributed by atoms with Crippen LogP contribution in [0.1, 0.15) is 43.7 Å². The average Bonchev–Trinajstić information content (AvgIpc) is 3.15. The number of aliphatic carboxylic acids is 1. The van der Waals surface area contributed by atoms with Gasteiger partial charge in [-0.15, -0.1) is 0 Å². The number of carbonyl (C=O) groups is 3. The smallest absolute Gasteiger partial charge is 0.407 e. The molecule has 1 fully saturated rings. The van der Waals surface area contributed by atoms with Crippen molar-refractivity contribution in [2.45, 2.75) is 38.1 Å². The van der Waals surface area contributed by atoms with Crippen LogP contribution >= 0.6 is 0 Å². The van der Waals surface area contributed by atoms with Gasteiger partial charge in [0.1, 0.15) is 12.1 Å². The summed E-state index contributed by atoms with van der Waals surface area (Å²) in [5.41, 5.74) is 2.14. The van der Waals surface area contributed by atoms with Crippen LogP contribution in [0.4, 0.5) is 4.79 Å². The first kappa shape index (κ1) is 23.8. The van der Waals surface area contributed by atoms with Crippen molar-refractivity contribution < 1.29 is 29.0 Å². The summed E-state index contributed by atoms with van der Waals surface area (Å²) in [6.45, 7) is 3.78. The minimum Gasteiger partial charge on any atom is -0.480 e. The van der Waals surface area contributed by atoms with Gasteiger partial charge in [-0.05, 0) is 48.9 Å². The van der Waals surface area contributed by atoms with Crippen molar-refractivity contribution in [2.75, 3.05) is 26.4 Å². The van der Waals surface area contributed by atoms with Crippen molar-refractivity contribution in [3.63, 3.8) is 0 Å². The van der Waals surface area contributed by atoms with E-state index < -0.39 is 28.9 Å². The number of fused-ring (bicyclic) bond motifs is 3. The minimum absolute atomic E-state index is 0.0363. The molecule has 2 aliphatic rings. The molecule has 0 saturated carbocycles. The van der Waals surface area contributed by atoms with Crippen molar-refractivity contribution in [3.05, 3.63) is 59.7 Å². The zero-order valence-electron chi connectivity index (χ0n) is 19.4. The molecule has 0 spiro atoms. The second kappa shape index (κ2) is 9.46. The summed E-state index contributed by atoms with van der Waals surface area (Å²) in [6.07, 6.45) is 0.133. The van der Waals surface area contributed by atoms with E-state index in [0.717, 1.165) is 22.3 Å². The summed E-state index contributed by atoms with van der Waals surface area (Å²) in [5, 5.41) is 14.7. The van der Waals surface area contributed by atoms with Crippen LogP contribution in [0.15, 0.2) is 48.5 Å². The molecular formula is C26H30N2O6. The van der Waals surface area contributed by atoms with E-state index in [1.807, 2.05) is 36.4 Å². The van der Waals surface area contributed by atoms with Gasteiger partial charge in [0.05, 0.1) is 5.41 Å². The van der Waals surface area contributed by atoms with Crippen LogP contribution in [0.2, 0.25) is 0 Å². The number of carboxylic acid groups (broad SMARTS) is 1. The monoisotopic (exact) mass is 466 g/mol. The van der Waals surface area contributed by atoms with Crippen molar-refractivity contribution in [1.82, 2.24) is 10.6 Å². The number of carbonyl (C=O) groups excluding carboxylic acids is 2. The molecule has 0 unspecified atom stereocenters. The van der Waals surface area contributed by atoms with Crippen LogP contribution in [-0.2, 0) is 19.1 Å². The molecule has 1 aliphatic heterocycles. The first-order valence-electron chi connectivity index (χ1n) is 11.5. The Hall–Kier alpha value is -3.39. The molecule has 1 saturated heterocycles. The van der Waals surface area contributed by atoms with Gasteiger partial charge in [0.25, 0.3) is 0 Å². The lowest BCUT2D eigenvalue weighted by Gasteiger charge is -2.37. The SMILES string of the molecule is CC(C)(NC(=O)C1(CNC(=O)OCC2c3ccccc3-c3ccccc32)CCOCC1)C(=O)O.